The number of thioether (sulfide) groups is 1. The standard InChI is InChI=1S/C34H29Cl3N2O4S2/c35-34(36,37)32(41)38-18-25-5-1-2-6-27(25)22-13-15-24(16-14-22)31-42-26(17-29(43-31)23-11-9-21(19-40)10-12-23)20-44-33-39-28-7-3-4-8-30(28)45-33/h1-16,26,29,31,40H,17-20H2,(H,38,41)/t26-,29+,31+/m0/s1. The first-order chi connectivity index (χ1) is 21.8. The molecule has 0 saturated carbocycles. The number of rotatable bonds is 9. The summed E-state index contributed by atoms with van der Waals surface area (Å²) in [7, 11) is 0. The molecule has 2 heterocycles. The number of nitrogens with one attached hydrogen (secondary N) is 1. The number of ether oxygens (including phenoxy) is 2. The van der Waals surface area contributed by atoms with Crippen LogP contribution in [0.25, 0.3) is 21.3 Å². The van der Waals surface area contributed by atoms with Crippen LogP contribution < -0.4 is 5.32 Å². The molecule has 0 aliphatic carbocycles. The number of benzene rings is 4. The summed E-state index contributed by atoms with van der Waals surface area (Å²) in [5.41, 5.74) is 6.60. The zero-order valence-corrected chi connectivity index (χ0v) is 27.8. The summed E-state index contributed by atoms with van der Waals surface area (Å²) in [6.45, 7) is 0.206. The zero-order chi connectivity index (χ0) is 31.4. The summed E-state index contributed by atoms with van der Waals surface area (Å²) in [4.78, 5) is 16.9. The lowest BCUT2D eigenvalue weighted by Gasteiger charge is -2.36. The molecule has 11 heteroatoms. The molecule has 0 bridgehead atoms. The number of hydrogen-bond acceptors (Lipinski definition) is 7. The van der Waals surface area contributed by atoms with E-state index in [9.17, 15) is 9.90 Å². The van der Waals surface area contributed by atoms with Crippen molar-refractivity contribution in [2.24, 2.45) is 0 Å². The number of aromatic nitrogens is 1. The third-order valence-corrected chi connectivity index (χ3v) is 10.3. The first-order valence-corrected chi connectivity index (χ1v) is 17.2. The van der Waals surface area contributed by atoms with E-state index < -0.39 is 16.0 Å². The van der Waals surface area contributed by atoms with Gasteiger partial charge in [0.2, 0.25) is 0 Å². The third kappa shape index (κ3) is 8.02. The van der Waals surface area contributed by atoms with E-state index in [2.05, 4.69) is 11.4 Å². The number of fused-ring (bicyclic) bond motifs is 1. The van der Waals surface area contributed by atoms with Crippen LogP contribution in [0.4, 0.5) is 0 Å². The van der Waals surface area contributed by atoms with Crippen molar-refractivity contribution in [2.45, 2.75) is 46.2 Å². The molecule has 5 aromatic rings. The molecule has 0 unspecified atom stereocenters. The van der Waals surface area contributed by atoms with Crippen LogP contribution in [0.3, 0.4) is 0 Å². The molecule has 1 saturated heterocycles. The van der Waals surface area contributed by atoms with Crippen LogP contribution in [0.5, 0.6) is 0 Å². The fourth-order valence-corrected chi connectivity index (χ4v) is 7.46. The van der Waals surface area contributed by atoms with Crippen molar-refractivity contribution in [3.63, 3.8) is 0 Å². The number of alkyl halides is 3. The van der Waals surface area contributed by atoms with Gasteiger partial charge in [-0.25, -0.2) is 4.98 Å². The van der Waals surface area contributed by atoms with Crippen LogP contribution in [-0.4, -0.2) is 31.6 Å². The van der Waals surface area contributed by atoms with Crippen molar-refractivity contribution in [1.82, 2.24) is 10.3 Å². The van der Waals surface area contributed by atoms with Crippen molar-refractivity contribution in [3.8, 4) is 11.1 Å². The highest BCUT2D eigenvalue weighted by Crippen LogP contribution is 2.41. The fourth-order valence-electron chi connectivity index (χ4n) is 5.15. The molecule has 1 aromatic heterocycles. The Morgan fingerprint density at radius 2 is 1.64 bits per heavy atom. The maximum absolute atomic E-state index is 12.1. The van der Waals surface area contributed by atoms with Gasteiger partial charge in [-0.1, -0.05) is 131 Å². The summed E-state index contributed by atoms with van der Waals surface area (Å²) in [5, 5.41) is 12.2. The van der Waals surface area contributed by atoms with E-state index in [1.165, 1.54) is 4.70 Å². The van der Waals surface area contributed by atoms with Gasteiger partial charge in [0.15, 0.2) is 10.6 Å². The highest BCUT2D eigenvalue weighted by atomic mass is 35.6. The predicted octanol–water partition coefficient (Wildman–Crippen LogP) is 8.78. The Kier molecular flexibility index (Phi) is 10.3. The van der Waals surface area contributed by atoms with Gasteiger partial charge in [-0.3, -0.25) is 4.79 Å². The van der Waals surface area contributed by atoms with Gasteiger partial charge in [0.25, 0.3) is 9.70 Å². The van der Waals surface area contributed by atoms with Crippen LogP contribution in [-0.2, 0) is 27.4 Å². The number of aliphatic hydroxyl groups excluding tert-OH is 1. The van der Waals surface area contributed by atoms with E-state index in [0.717, 1.165) is 49.0 Å². The molecule has 0 spiro atoms. The molecule has 6 rings (SSSR count). The van der Waals surface area contributed by atoms with E-state index >= 15 is 0 Å². The summed E-state index contributed by atoms with van der Waals surface area (Å²) >= 11 is 20.6. The average molecular weight is 700 g/mol. The third-order valence-electron chi connectivity index (χ3n) is 7.49. The molecule has 1 fully saturated rings. The molecule has 232 valence electrons. The summed E-state index contributed by atoms with van der Waals surface area (Å²) in [6, 6.07) is 31.8. The van der Waals surface area contributed by atoms with E-state index in [1.54, 1.807) is 23.1 Å². The SMILES string of the molecule is O=C(NCc1ccccc1-c1ccc([C@@H]2O[C@H](CSc3nc4ccccc4s3)C[C@H](c3ccc(CO)cc3)O2)cc1)C(Cl)(Cl)Cl. The number of thiazole rings is 1. The van der Waals surface area contributed by atoms with Crippen LogP contribution >= 0.6 is 57.9 Å². The van der Waals surface area contributed by atoms with Crippen molar-refractivity contribution in [3.05, 3.63) is 119 Å². The first kappa shape index (κ1) is 32.3. The largest absolute Gasteiger partial charge is 0.392 e. The summed E-state index contributed by atoms with van der Waals surface area (Å²) < 4.78 is 13.2. The number of hydrogen-bond donors (Lipinski definition) is 2. The van der Waals surface area contributed by atoms with Crippen molar-refractivity contribution >= 4 is 74.0 Å². The average Bonchev–Trinajstić information content (AvgIpc) is 3.49. The van der Waals surface area contributed by atoms with Crippen LogP contribution in [0.1, 0.15) is 41.1 Å². The molecule has 6 nitrogen and oxygen atoms in total. The number of para-hydroxylation sites is 1. The smallest absolute Gasteiger partial charge is 0.272 e. The molecule has 1 aliphatic heterocycles. The normalized spacial score (nSPS) is 18.6. The minimum Gasteiger partial charge on any atom is -0.392 e. The van der Waals surface area contributed by atoms with E-state index in [4.69, 9.17) is 49.3 Å². The number of nitrogens with zero attached hydrogens (tertiary/aromatic N) is 1. The van der Waals surface area contributed by atoms with E-state index in [1.807, 2.05) is 91.0 Å². The Morgan fingerprint density at radius 1 is 0.933 bits per heavy atom. The topological polar surface area (TPSA) is 80.7 Å². The van der Waals surface area contributed by atoms with Crippen LogP contribution in [0, 0.1) is 0 Å². The second-order valence-electron chi connectivity index (χ2n) is 10.6. The maximum Gasteiger partial charge on any atom is 0.272 e. The number of halogens is 3. The zero-order valence-electron chi connectivity index (χ0n) is 23.9. The van der Waals surface area contributed by atoms with Gasteiger partial charge in [0.05, 0.1) is 29.0 Å². The Morgan fingerprint density at radius 3 is 2.38 bits per heavy atom. The van der Waals surface area contributed by atoms with Crippen LogP contribution in [0.15, 0.2) is 101 Å². The minimum absolute atomic E-state index is 0.00623. The van der Waals surface area contributed by atoms with Gasteiger partial charge in [-0.05, 0) is 39.9 Å². The van der Waals surface area contributed by atoms with Gasteiger partial charge in [0, 0.05) is 24.3 Å². The van der Waals surface area contributed by atoms with Crippen molar-refractivity contribution in [2.75, 3.05) is 5.75 Å². The second kappa shape index (κ2) is 14.4. The van der Waals surface area contributed by atoms with Gasteiger partial charge < -0.3 is 19.9 Å². The van der Waals surface area contributed by atoms with Gasteiger partial charge in [0.1, 0.15) is 0 Å². The molecule has 3 atom stereocenters. The predicted molar refractivity (Wildman–Crippen MR) is 183 cm³/mol. The maximum atomic E-state index is 12.1. The summed E-state index contributed by atoms with van der Waals surface area (Å²) in [6.07, 6.45) is -0.141. The Hall–Kier alpha value is -2.66. The highest BCUT2D eigenvalue weighted by molar-refractivity contribution is 8.01. The number of amides is 1. The lowest BCUT2D eigenvalue weighted by Crippen LogP contribution is -2.34. The quantitative estimate of drug-likeness (QED) is 0.118. The number of aliphatic hydroxyl groups is 1. The monoisotopic (exact) mass is 698 g/mol. The summed E-state index contributed by atoms with van der Waals surface area (Å²) in [5.74, 6) is 0.0525. The number of carbonyl (C=O) groups is 1. The molecular formula is C34H29Cl3N2O4S2. The Labute approximate surface area is 284 Å². The van der Waals surface area contributed by atoms with Crippen LogP contribution in [0.2, 0.25) is 0 Å². The minimum atomic E-state index is -2.03. The fraction of sp³-hybridized carbons (Fsp3) is 0.235. The van der Waals surface area contributed by atoms with Gasteiger partial charge >= 0.3 is 0 Å². The van der Waals surface area contributed by atoms with Gasteiger partial charge in [-0.2, -0.15) is 0 Å². The number of carbonyl (C=O) groups excluding carboxylic acids is 1. The van der Waals surface area contributed by atoms with Gasteiger partial charge in [-0.15, -0.1) is 11.3 Å². The molecule has 45 heavy (non-hydrogen) atoms. The van der Waals surface area contributed by atoms with Crippen molar-refractivity contribution in [1.29, 1.82) is 0 Å². The molecule has 4 aromatic carbocycles. The Balaban J connectivity index is 1.20. The second-order valence-corrected chi connectivity index (χ2v) is 15.1. The Bertz CT molecular complexity index is 1730. The molecule has 1 aliphatic rings. The van der Waals surface area contributed by atoms with E-state index in [-0.39, 0.29) is 25.4 Å². The molecule has 1 amide bonds. The first-order valence-electron chi connectivity index (χ1n) is 14.3. The molecule has 2 N–H and O–H groups in total. The highest BCUT2D eigenvalue weighted by Gasteiger charge is 2.33. The van der Waals surface area contributed by atoms with E-state index in [0.29, 0.717) is 6.42 Å². The molecule has 0 radical (unpaired) electrons. The van der Waals surface area contributed by atoms with Crippen molar-refractivity contribution < 1.29 is 19.4 Å². The lowest BCUT2D eigenvalue weighted by atomic mass is 9.98. The molecular weight excluding hydrogens is 671 g/mol. The lowest BCUT2D eigenvalue weighted by molar-refractivity contribution is -0.245.